The lowest BCUT2D eigenvalue weighted by molar-refractivity contribution is 0.597. The summed E-state index contributed by atoms with van der Waals surface area (Å²) in [6.07, 6.45) is 0. The summed E-state index contributed by atoms with van der Waals surface area (Å²) >= 11 is 0. The molecule has 0 radical (unpaired) electrons. The van der Waals surface area contributed by atoms with Gasteiger partial charge in [0.2, 0.25) is 9.84 Å². The second-order valence-electron chi connectivity index (χ2n) is 13.0. The number of hydrogen-bond donors (Lipinski definition) is 0. The summed E-state index contributed by atoms with van der Waals surface area (Å²) in [5.41, 5.74) is 4.85. The molecule has 1 aromatic heterocycles. The molecule has 0 amide bonds. The van der Waals surface area contributed by atoms with Crippen molar-refractivity contribution in [3.63, 3.8) is 0 Å². The minimum absolute atomic E-state index is 0.281. The van der Waals surface area contributed by atoms with Gasteiger partial charge in [-0.15, -0.1) is 0 Å². The lowest BCUT2D eigenvalue weighted by atomic mass is 9.88. The average Bonchev–Trinajstić information content (AvgIpc) is 3.19. The Hall–Kier alpha value is -6.36. The second-order valence-corrected chi connectivity index (χ2v) is 14.9. The molecule has 10 aromatic rings. The molecule has 9 aromatic carbocycles. The molecule has 0 unspecified atom stereocenters. The van der Waals surface area contributed by atoms with E-state index in [4.69, 9.17) is 4.98 Å². The van der Waals surface area contributed by atoms with E-state index >= 15 is 0 Å². The van der Waals surface area contributed by atoms with Gasteiger partial charge in [0.05, 0.1) is 21.0 Å². The zero-order chi connectivity index (χ0) is 34.1. The minimum atomic E-state index is -3.84. The molecule has 4 heteroatoms. The fraction of sp³-hybridized carbons (Fsp3) is 0. The third-order valence-corrected chi connectivity index (χ3v) is 12.1. The van der Waals surface area contributed by atoms with Gasteiger partial charge in [0, 0.05) is 32.5 Å². The Labute approximate surface area is 295 Å². The first-order chi connectivity index (χ1) is 25.1. The number of benzene rings is 9. The van der Waals surface area contributed by atoms with Crippen LogP contribution in [0.25, 0.3) is 87.1 Å². The van der Waals surface area contributed by atoms with Crippen LogP contribution >= 0.6 is 0 Å². The number of hydrogen-bond acceptors (Lipinski definition) is 3. The van der Waals surface area contributed by atoms with Gasteiger partial charge in [-0.1, -0.05) is 158 Å². The van der Waals surface area contributed by atoms with Crippen LogP contribution in [0.15, 0.2) is 186 Å². The Balaban J connectivity index is 1.34. The van der Waals surface area contributed by atoms with Crippen LogP contribution in [0.4, 0.5) is 0 Å². The van der Waals surface area contributed by atoms with E-state index in [0.29, 0.717) is 15.7 Å². The predicted octanol–water partition coefficient (Wildman–Crippen LogP) is 12.2. The maximum atomic E-state index is 14.4. The van der Waals surface area contributed by atoms with E-state index in [1.807, 2.05) is 60.7 Å². The zero-order valence-corrected chi connectivity index (χ0v) is 28.2. The molecule has 0 fully saturated rings. The lowest BCUT2D eigenvalue weighted by Gasteiger charge is -2.19. The molecule has 240 valence electrons. The molecule has 0 spiro atoms. The molecular formula is C47H29NO2S. The Morgan fingerprint density at radius 1 is 0.373 bits per heavy atom. The van der Waals surface area contributed by atoms with Crippen LogP contribution < -0.4 is 0 Å². The Kier molecular flexibility index (Phi) is 6.57. The number of nitrogens with zero attached hydrogens (tertiary/aromatic N) is 1. The van der Waals surface area contributed by atoms with Crippen molar-refractivity contribution in [3.8, 4) is 22.4 Å². The molecule has 51 heavy (non-hydrogen) atoms. The third-order valence-electron chi connectivity index (χ3n) is 10.2. The Morgan fingerprint density at radius 3 is 1.43 bits per heavy atom. The molecule has 0 bridgehead atoms. The molecule has 0 aliphatic carbocycles. The van der Waals surface area contributed by atoms with Crippen molar-refractivity contribution in [3.05, 3.63) is 176 Å². The van der Waals surface area contributed by atoms with E-state index in [0.717, 1.165) is 49.4 Å². The van der Waals surface area contributed by atoms with E-state index < -0.39 is 9.84 Å². The van der Waals surface area contributed by atoms with Gasteiger partial charge in [-0.3, -0.25) is 0 Å². The number of fused-ring (bicyclic) bond motifs is 10. The number of sulfone groups is 1. The molecule has 0 saturated heterocycles. The van der Waals surface area contributed by atoms with Crippen molar-refractivity contribution in [1.29, 1.82) is 0 Å². The first kappa shape index (κ1) is 29.5. The Bertz CT molecular complexity index is 3080. The number of rotatable bonds is 4. The highest BCUT2D eigenvalue weighted by molar-refractivity contribution is 7.92. The van der Waals surface area contributed by atoms with E-state index in [1.165, 1.54) is 26.9 Å². The molecule has 0 aliphatic heterocycles. The highest BCUT2D eigenvalue weighted by Gasteiger charge is 2.26. The summed E-state index contributed by atoms with van der Waals surface area (Å²) in [7, 11) is -3.84. The maximum Gasteiger partial charge on any atom is 0.207 e. The van der Waals surface area contributed by atoms with Crippen molar-refractivity contribution < 1.29 is 8.42 Å². The zero-order valence-electron chi connectivity index (χ0n) is 27.4. The van der Waals surface area contributed by atoms with Gasteiger partial charge in [-0.25, -0.2) is 13.4 Å². The number of aromatic nitrogens is 1. The van der Waals surface area contributed by atoms with Crippen molar-refractivity contribution in [1.82, 2.24) is 4.98 Å². The summed E-state index contributed by atoms with van der Waals surface area (Å²) < 4.78 is 28.7. The SMILES string of the molecule is O=S(=O)(c1ccccc1)c1c2ccccc2c(-c2ccc3c(c2)nc(-c2ccccc2)c2c4ccccc4c4ccccc4c32)c2ccccc12. The molecule has 3 nitrogen and oxygen atoms in total. The minimum Gasteiger partial charge on any atom is -0.247 e. The normalized spacial score (nSPS) is 12.1. The molecule has 10 rings (SSSR count). The fourth-order valence-corrected chi connectivity index (χ4v) is 9.73. The van der Waals surface area contributed by atoms with Crippen LogP contribution in [-0.4, -0.2) is 13.4 Å². The third kappa shape index (κ3) is 4.43. The lowest BCUT2D eigenvalue weighted by Crippen LogP contribution is -2.04. The van der Waals surface area contributed by atoms with Crippen LogP contribution in [-0.2, 0) is 9.84 Å². The highest BCUT2D eigenvalue weighted by atomic mass is 32.2. The predicted molar refractivity (Wildman–Crippen MR) is 212 cm³/mol. The van der Waals surface area contributed by atoms with Crippen LogP contribution in [0.3, 0.4) is 0 Å². The van der Waals surface area contributed by atoms with Crippen LogP contribution in [0, 0.1) is 0 Å². The summed E-state index contributed by atoms with van der Waals surface area (Å²) in [4.78, 5) is 6.09. The molecule has 0 saturated carbocycles. The molecule has 0 aliphatic rings. The second kappa shape index (κ2) is 11.3. The van der Waals surface area contributed by atoms with Gasteiger partial charge in [-0.2, -0.15) is 0 Å². The molecular weight excluding hydrogens is 643 g/mol. The maximum absolute atomic E-state index is 14.4. The summed E-state index contributed by atoms with van der Waals surface area (Å²) in [6.45, 7) is 0. The largest absolute Gasteiger partial charge is 0.247 e. The van der Waals surface area contributed by atoms with Crippen LogP contribution in [0.5, 0.6) is 0 Å². The van der Waals surface area contributed by atoms with Gasteiger partial charge in [0.25, 0.3) is 0 Å². The summed E-state index contributed by atoms with van der Waals surface area (Å²) in [6, 6.07) is 58.7. The van der Waals surface area contributed by atoms with E-state index in [9.17, 15) is 8.42 Å². The van der Waals surface area contributed by atoms with Crippen LogP contribution in [0.2, 0.25) is 0 Å². The Morgan fingerprint density at radius 2 is 0.843 bits per heavy atom. The van der Waals surface area contributed by atoms with Gasteiger partial charge in [-0.05, 0) is 61.6 Å². The monoisotopic (exact) mass is 671 g/mol. The average molecular weight is 672 g/mol. The standard InChI is InChI=1S/C47H29NO2S/c49-51(50,32-17-5-2-6-18-32)47-39-25-13-11-23-37(39)43(38-24-12-14-26-40(38)47)31-27-28-41-42(29-31)48-46(30-15-3-1-4-16-30)45-36-22-10-8-20-34(36)33-19-7-9-21-35(33)44(41)45/h1-29H. The van der Waals surface area contributed by atoms with Gasteiger partial charge >= 0.3 is 0 Å². The van der Waals surface area contributed by atoms with E-state index in [2.05, 4.69) is 91.0 Å². The smallest absolute Gasteiger partial charge is 0.207 e. The molecule has 0 N–H and O–H groups in total. The first-order valence-corrected chi connectivity index (χ1v) is 18.5. The molecule has 1 heterocycles. The number of pyridine rings is 1. The van der Waals surface area contributed by atoms with E-state index in [1.54, 1.807) is 24.3 Å². The van der Waals surface area contributed by atoms with Crippen molar-refractivity contribution in [2.75, 3.05) is 0 Å². The summed E-state index contributed by atoms with van der Waals surface area (Å²) in [5, 5.41) is 11.3. The fourth-order valence-electron chi connectivity index (χ4n) is 8.05. The van der Waals surface area contributed by atoms with Crippen LogP contribution in [0.1, 0.15) is 0 Å². The summed E-state index contributed by atoms with van der Waals surface area (Å²) in [5.74, 6) is 0. The van der Waals surface area contributed by atoms with Gasteiger partial charge in [0.1, 0.15) is 0 Å². The van der Waals surface area contributed by atoms with E-state index in [-0.39, 0.29) is 4.90 Å². The first-order valence-electron chi connectivity index (χ1n) is 17.1. The molecule has 0 atom stereocenters. The highest BCUT2D eigenvalue weighted by Crippen LogP contribution is 2.46. The van der Waals surface area contributed by atoms with Crippen molar-refractivity contribution in [2.45, 2.75) is 9.79 Å². The van der Waals surface area contributed by atoms with Crippen molar-refractivity contribution >= 4 is 74.6 Å². The van der Waals surface area contributed by atoms with Gasteiger partial charge < -0.3 is 0 Å². The van der Waals surface area contributed by atoms with Gasteiger partial charge in [0.15, 0.2) is 0 Å². The quantitative estimate of drug-likeness (QED) is 0.138. The van der Waals surface area contributed by atoms with Crippen molar-refractivity contribution in [2.24, 2.45) is 0 Å². The topological polar surface area (TPSA) is 47.0 Å².